The first-order valence-corrected chi connectivity index (χ1v) is 11.3. The first-order valence-electron chi connectivity index (χ1n) is 9.53. The van der Waals surface area contributed by atoms with Gasteiger partial charge in [0.2, 0.25) is 10.0 Å². The lowest BCUT2D eigenvalue weighted by molar-refractivity contribution is 0.0730. The number of pyridine rings is 1. The van der Waals surface area contributed by atoms with Crippen LogP contribution in [0.15, 0.2) is 64.0 Å². The number of sulfonamides is 1. The highest BCUT2D eigenvalue weighted by molar-refractivity contribution is 7.89. The van der Waals surface area contributed by atoms with E-state index in [4.69, 9.17) is 20.8 Å². The molecule has 0 spiro atoms. The Bertz CT molecular complexity index is 1090. The van der Waals surface area contributed by atoms with Gasteiger partial charge in [0.25, 0.3) is 0 Å². The molecule has 1 saturated heterocycles. The zero-order valence-electron chi connectivity index (χ0n) is 16.5. The molecule has 2 aromatic heterocycles. The number of benzene rings is 1. The molecule has 9 heteroatoms. The summed E-state index contributed by atoms with van der Waals surface area (Å²) in [5.41, 5.74) is 0.948. The quantitative estimate of drug-likeness (QED) is 0.574. The van der Waals surface area contributed by atoms with E-state index in [9.17, 15) is 8.42 Å². The summed E-state index contributed by atoms with van der Waals surface area (Å²) in [6.45, 7) is 2.04. The Morgan fingerprint density at radius 3 is 2.47 bits per heavy atom. The van der Waals surface area contributed by atoms with Crippen LogP contribution in [0.5, 0.6) is 0 Å². The smallest absolute Gasteiger partial charge is 0.244 e. The van der Waals surface area contributed by atoms with Gasteiger partial charge >= 0.3 is 0 Å². The van der Waals surface area contributed by atoms with Gasteiger partial charge in [-0.3, -0.25) is 0 Å². The van der Waals surface area contributed by atoms with Crippen molar-refractivity contribution in [1.29, 1.82) is 0 Å². The average Bonchev–Trinajstić information content (AvgIpc) is 3.23. The second kappa shape index (κ2) is 8.77. The lowest BCUT2D eigenvalue weighted by Crippen LogP contribution is -2.40. The highest BCUT2D eigenvalue weighted by Gasteiger charge is 2.26. The minimum absolute atomic E-state index is 0.185. The Balaban J connectivity index is 1.44. The van der Waals surface area contributed by atoms with Crippen molar-refractivity contribution in [2.75, 3.05) is 38.3 Å². The molecule has 1 aliphatic heterocycles. The Morgan fingerprint density at radius 1 is 1.07 bits per heavy atom. The maximum Gasteiger partial charge on any atom is 0.244 e. The molecule has 0 unspecified atom stereocenters. The maximum atomic E-state index is 12.7. The molecule has 158 valence electrons. The van der Waals surface area contributed by atoms with Gasteiger partial charge in [0.15, 0.2) is 0 Å². The topological polar surface area (TPSA) is 75.9 Å². The van der Waals surface area contributed by atoms with E-state index in [-0.39, 0.29) is 4.90 Å². The number of nitrogens with zero attached hydrogens (tertiary/aromatic N) is 3. The Labute approximate surface area is 180 Å². The zero-order chi connectivity index (χ0) is 21.1. The van der Waals surface area contributed by atoms with Crippen LogP contribution >= 0.6 is 11.6 Å². The normalized spacial score (nSPS) is 15.3. The van der Waals surface area contributed by atoms with Crippen molar-refractivity contribution in [3.05, 3.63) is 65.5 Å². The fraction of sp³-hybridized carbons (Fsp3) is 0.286. The molecule has 0 radical (unpaired) electrons. The number of aromatic nitrogens is 1. The van der Waals surface area contributed by atoms with Gasteiger partial charge in [-0.1, -0.05) is 11.6 Å². The van der Waals surface area contributed by atoms with E-state index in [1.165, 1.54) is 10.5 Å². The zero-order valence-corrected chi connectivity index (χ0v) is 18.1. The largest absolute Gasteiger partial charge is 0.459 e. The molecule has 0 atom stereocenters. The molecule has 0 saturated carbocycles. The summed E-state index contributed by atoms with van der Waals surface area (Å²) in [6, 6.07) is 14.6. The van der Waals surface area contributed by atoms with Crippen molar-refractivity contribution < 1.29 is 17.6 Å². The predicted octanol–water partition coefficient (Wildman–Crippen LogP) is 3.65. The summed E-state index contributed by atoms with van der Waals surface area (Å²) in [7, 11) is -1.67. The Kier molecular flexibility index (Phi) is 6.10. The van der Waals surface area contributed by atoms with Gasteiger partial charge in [-0.2, -0.15) is 4.31 Å². The molecule has 0 bridgehead atoms. The van der Waals surface area contributed by atoms with E-state index in [0.29, 0.717) is 43.7 Å². The van der Waals surface area contributed by atoms with Crippen LogP contribution in [0.3, 0.4) is 0 Å². The van der Waals surface area contributed by atoms with Gasteiger partial charge in [-0.05, 0) is 48.5 Å². The van der Waals surface area contributed by atoms with Crippen LogP contribution in [0.4, 0.5) is 5.82 Å². The van der Waals surface area contributed by atoms with Gasteiger partial charge < -0.3 is 14.1 Å². The van der Waals surface area contributed by atoms with E-state index in [2.05, 4.69) is 4.98 Å². The van der Waals surface area contributed by atoms with Crippen molar-refractivity contribution in [1.82, 2.24) is 9.29 Å². The van der Waals surface area contributed by atoms with E-state index >= 15 is 0 Å². The molecule has 3 aromatic rings. The van der Waals surface area contributed by atoms with Gasteiger partial charge in [-0.15, -0.1) is 0 Å². The van der Waals surface area contributed by atoms with Crippen LogP contribution in [0, 0.1) is 0 Å². The molecule has 0 amide bonds. The van der Waals surface area contributed by atoms with Crippen molar-refractivity contribution in [2.24, 2.45) is 0 Å². The van der Waals surface area contributed by atoms with Crippen LogP contribution in [-0.4, -0.2) is 51.1 Å². The second-order valence-corrected chi connectivity index (χ2v) is 9.37. The van der Waals surface area contributed by atoms with E-state index in [0.717, 1.165) is 17.1 Å². The number of anilines is 1. The molecule has 1 fully saturated rings. The van der Waals surface area contributed by atoms with Gasteiger partial charge in [0.05, 0.1) is 19.8 Å². The fourth-order valence-electron chi connectivity index (χ4n) is 3.23. The molecular weight excluding hydrogens is 426 g/mol. The number of ether oxygens (including phenoxy) is 1. The number of rotatable bonds is 6. The summed E-state index contributed by atoms with van der Waals surface area (Å²) in [5.74, 6) is 2.18. The molecule has 0 aliphatic carbocycles. The summed E-state index contributed by atoms with van der Waals surface area (Å²) in [5, 5.41) is 0.676. The lowest BCUT2D eigenvalue weighted by atomic mass is 10.2. The summed E-state index contributed by atoms with van der Waals surface area (Å²) in [4.78, 5) is 6.43. The third kappa shape index (κ3) is 4.52. The second-order valence-electron chi connectivity index (χ2n) is 7.00. The van der Waals surface area contributed by atoms with E-state index < -0.39 is 10.0 Å². The summed E-state index contributed by atoms with van der Waals surface area (Å²) >= 11 is 5.93. The highest BCUT2D eigenvalue weighted by atomic mass is 35.5. The fourth-order valence-corrected chi connectivity index (χ4v) is 4.71. The van der Waals surface area contributed by atoms with Crippen LogP contribution in [0.2, 0.25) is 5.02 Å². The van der Waals surface area contributed by atoms with Crippen molar-refractivity contribution in [2.45, 2.75) is 11.4 Å². The number of hydrogen-bond donors (Lipinski definition) is 0. The number of halogens is 1. The highest BCUT2D eigenvalue weighted by Crippen LogP contribution is 2.25. The predicted molar refractivity (Wildman–Crippen MR) is 115 cm³/mol. The molecule has 1 aromatic carbocycles. The molecule has 3 heterocycles. The molecule has 4 rings (SSSR count). The lowest BCUT2D eigenvalue weighted by Gasteiger charge is -2.26. The third-order valence-corrected chi connectivity index (χ3v) is 7.04. The van der Waals surface area contributed by atoms with Crippen LogP contribution in [-0.2, 0) is 21.3 Å². The molecule has 30 heavy (non-hydrogen) atoms. The molecular formula is C21H22ClN3O4S. The van der Waals surface area contributed by atoms with Crippen molar-refractivity contribution in [3.63, 3.8) is 0 Å². The molecule has 7 nitrogen and oxygen atoms in total. The standard InChI is InChI=1S/C21H22ClN3O4S/c1-24(15-18-6-8-20(29-18)16-2-4-17(22)5-3-16)21-9-7-19(14-23-21)30(26,27)25-10-12-28-13-11-25/h2-9,14H,10-13,15H2,1H3. The Hall–Kier alpha value is -2.39. The van der Waals surface area contributed by atoms with Crippen molar-refractivity contribution >= 4 is 27.4 Å². The van der Waals surface area contributed by atoms with Gasteiger partial charge in [0, 0.05) is 36.9 Å². The van der Waals surface area contributed by atoms with Crippen molar-refractivity contribution in [3.8, 4) is 11.3 Å². The minimum atomic E-state index is -3.55. The molecule has 1 aliphatic rings. The van der Waals surface area contributed by atoms with Crippen LogP contribution in [0.1, 0.15) is 5.76 Å². The average molecular weight is 448 g/mol. The summed E-state index contributed by atoms with van der Waals surface area (Å²) in [6.07, 6.45) is 1.40. The molecule has 0 N–H and O–H groups in total. The monoisotopic (exact) mass is 447 g/mol. The SMILES string of the molecule is CN(Cc1ccc(-c2ccc(Cl)cc2)o1)c1ccc(S(=O)(=O)N2CCOCC2)cn1. The number of furan rings is 1. The Morgan fingerprint density at radius 2 is 1.80 bits per heavy atom. The number of morpholine rings is 1. The maximum absolute atomic E-state index is 12.7. The van der Waals surface area contributed by atoms with E-state index in [1.807, 2.05) is 48.3 Å². The van der Waals surface area contributed by atoms with Crippen LogP contribution < -0.4 is 4.90 Å². The minimum Gasteiger partial charge on any atom is -0.459 e. The van der Waals surface area contributed by atoms with Crippen LogP contribution in [0.25, 0.3) is 11.3 Å². The van der Waals surface area contributed by atoms with Gasteiger partial charge in [0.1, 0.15) is 22.2 Å². The first kappa shape index (κ1) is 20.9. The van der Waals surface area contributed by atoms with E-state index in [1.54, 1.807) is 12.1 Å². The first-order chi connectivity index (χ1) is 14.4. The third-order valence-electron chi connectivity index (χ3n) is 4.90. The van der Waals surface area contributed by atoms with Gasteiger partial charge in [-0.25, -0.2) is 13.4 Å². The number of hydrogen-bond acceptors (Lipinski definition) is 6. The summed E-state index contributed by atoms with van der Waals surface area (Å²) < 4.78 is 38.0.